The topological polar surface area (TPSA) is 190 Å². The Kier molecular flexibility index (Phi) is 6.27. The molecule has 11 heteroatoms. The lowest BCUT2D eigenvalue weighted by molar-refractivity contribution is -0.355. The molecular formula is C12H22O11. The molecule has 0 aromatic rings. The van der Waals surface area contributed by atoms with Crippen molar-refractivity contribution >= 4 is 0 Å². The van der Waals surface area contributed by atoms with Gasteiger partial charge >= 0.3 is 0 Å². The molecule has 2 heterocycles. The first-order chi connectivity index (χ1) is 10.8. The molecule has 2 aliphatic rings. The zero-order valence-corrected chi connectivity index (χ0v) is 12.0. The lowest BCUT2D eigenvalue weighted by Crippen LogP contribution is -2.64. The number of aliphatic hydroxyl groups is 8. The Morgan fingerprint density at radius 3 is 1.83 bits per heavy atom. The fraction of sp³-hybridized carbons (Fsp3) is 1.00. The Morgan fingerprint density at radius 2 is 1.26 bits per heavy atom. The van der Waals surface area contributed by atoms with Crippen LogP contribution in [0.25, 0.3) is 0 Å². The second kappa shape index (κ2) is 7.63. The van der Waals surface area contributed by atoms with E-state index in [0.29, 0.717) is 0 Å². The van der Waals surface area contributed by atoms with Crippen molar-refractivity contribution in [1.82, 2.24) is 0 Å². The summed E-state index contributed by atoms with van der Waals surface area (Å²) in [5.74, 6) is 0. The van der Waals surface area contributed by atoms with Crippen molar-refractivity contribution in [3.63, 3.8) is 0 Å². The summed E-state index contributed by atoms with van der Waals surface area (Å²) in [5, 5.41) is 76.5. The van der Waals surface area contributed by atoms with Crippen LogP contribution in [0.4, 0.5) is 0 Å². The minimum atomic E-state index is -1.74. The first kappa shape index (κ1) is 18.9. The van der Waals surface area contributed by atoms with Crippen molar-refractivity contribution in [2.24, 2.45) is 0 Å². The monoisotopic (exact) mass is 342 g/mol. The molecule has 0 aromatic heterocycles. The Labute approximate surface area is 130 Å². The Balaban J connectivity index is 2.11. The first-order valence-corrected chi connectivity index (χ1v) is 7.08. The van der Waals surface area contributed by atoms with E-state index in [1.54, 1.807) is 0 Å². The molecule has 0 aliphatic carbocycles. The van der Waals surface area contributed by atoms with E-state index in [0.717, 1.165) is 0 Å². The fourth-order valence-electron chi connectivity index (χ4n) is 2.57. The van der Waals surface area contributed by atoms with Crippen LogP contribution in [-0.4, -0.2) is 115 Å². The first-order valence-electron chi connectivity index (χ1n) is 7.08. The second-order valence-electron chi connectivity index (χ2n) is 5.53. The summed E-state index contributed by atoms with van der Waals surface area (Å²) in [6.45, 7) is -1.35. The van der Waals surface area contributed by atoms with Crippen LogP contribution < -0.4 is 0 Å². The molecule has 0 bridgehead atoms. The van der Waals surface area contributed by atoms with E-state index in [4.69, 9.17) is 19.3 Å². The van der Waals surface area contributed by atoms with Crippen LogP contribution in [0.2, 0.25) is 0 Å². The molecule has 8 N–H and O–H groups in total. The predicted molar refractivity (Wildman–Crippen MR) is 68.6 cm³/mol. The molecule has 0 saturated carbocycles. The van der Waals surface area contributed by atoms with E-state index in [-0.39, 0.29) is 0 Å². The van der Waals surface area contributed by atoms with Crippen LogP contribution in [0.5, 0.6) is 0 Å². The van der Waals surface area contributed by atoms with Crippen molar-refractivity contribution in [3.05, 3.63) is 0 Å². The number of aliphatic hydroxyl groups excluding tert-OH is 8. The normalized spacial score (nSPS) is 51.7. The molecule has 0 spiro atoms. The zero-order chi connectivity index (χ0) is 17.3. The van der Waals surface area contributed by atoms with Crippen molar-refractivity contribution in [2.75, 3.05) is 13.2 Å². The van der Waals surface area contributed by atoms with Gasteiger partial charge in [-0.15, -0.1) is 0 Å². The molecule has 2 aliphatic heterocycles. The zero-order valence-electron chi connectivity index (χ0n) is 12.0. The van der Waals surface area contributed by atoms with Gasteiger partial charge in [0.15, 0.2) is 12.6 Å². The maximum Gasteiger partial charge on any atom is 0.187 e. The Hall–Kier alpha value is -0.440. The molecule has 2 saturated heterocycles. The summed E-state index contributed by atoms with van der Waals surface area (Å²) in [4.78, 5) is 0. The smallest absolute Gasteiger partial charge is 0.187 e. The van der Waals surface area contributed by atoms with E-state index in [1.807, 2.05) is 0 Å². The highest BCUT2D eigenvalue weighted by Crippen LogP contribution is 2.28. The van der Waals surface area contributed by atoms with Gasteiger partial charge in [0.1, 0.15) is 48.8 Å². The molecule has 10 atom stereocenters. The Morgan fingerprint density at radius 1 is 0.652 bits per heavy atom. The summed E-state index contributed by atoms with van der Waals surface area (Å²) in [5.41, 5.74) is 0. The van der Waals surface area contributed by atoms with Crippen LogP contribution in [0.1, 0.15) is 0 Å². The molecule has 2 rings (SSSR count). The Bertz CT molecular complexity index is 378. The lowest BCUT2D eigenvalue weighted by atomic mass is 9.97. The quantitative estimate of drug-likeness (QED) is 0.243. The molecule has 136 valence electrons. The van der Waals surface area contributed by atoms with Gasteiger partial charge in [-0.25, -0.2) is 0 Å². The molecule has 23 heavy (non-hydrogen) atoms. The van der Waals surface area contributed by atoms with Crippen LogP contribution in [0, 0.1) is 0 Å². The van der Waals surface area contributed by atoms with Gasteiger partial charge in [-0.1, -0.05) is 0 Å². The number of rotatable bonds is 4. The molecule has 0 radical (unpaired) electrons. The largest absolute Gasteiger partial charge is 0.394 e. The van der Waals surface area contributed by atoms with Crippen molar-refractivity contribution < 1.29 is 55.1 Å². The average Bonchev–Trinajstić information content (AvgIpc) is 2.55. The summed E-state index contributed by atoms with van der Waals surface area (Å²) in [6, 6.07) is 0. The lowest BCUT2D eigenvalue weighted by Gasteiger charge is -2.45. The summed E-state index contributed by atoms with van der Waals surface area (Å²) >= 11 is 0. The third-order valence-corrected chi connectivity index (χ3v) is 3.98. The second-order valence-corrected chi connectivity index (χ2v) is 5.53. The maximum atomic E-state index is 9.94. The molecule has 11 nitrogen and oxygen atoms in total. The van der Waals surface area contributed by atoms with Crippen molar-refractivity contribution in [1.29, 1.82) is 0 Å². The van der Waals surface area contributed by atoms with Crippen molar-refractivity contribution in [2.45, 2.75) is 61.4 Å². The molecule has 0 aromatic carbocycles. The van der Waals surface area contributed by atoms with Gasteiger partial charge in [-0.3, -0.25) is 0 Å². The van der Waals surface area contributed by atoms with E-state index < -0.39 is 74.6 Å². The summed E-state index contributed by atoms with van der Waals surface area (Å²) in [7, 11) is 0. The highest BCUT2D eigenvalue weighted by atomic mass is 16.7. The van der Waals surface area contributed by atoms with Gasteiger partial charge in [0.2, 0.25) is 0 Å². The minimum absolute atomic E-state index is 0.667. The van der Waals surface area contributed by atoms with Gasteiger partial charge in [-0.05, 0) is 0 Å². The SMILES string of the molecule is OC[C@@H]1O[C@@H](O[C@H]2[C@@H](O)[C@@H](O)[C@H](O)O[C@H]2CO)[C@H](O)[C@H](O)[C@@H]1O. The van der Waals surface area contributed by atoms with Crippen LogP contribution in [-0.2, 0) is 14.2 Å². The van der Waals surface area contributed by atoms with Crippen LogP contribution >= 0.6 is 0 Å². The standard InChI is InChI=1S/C12H22O11/c13-1-3-5(15)6(16)9(19)12(22-3)23-10-4(2-14)21-11(20)8(18)7(10)17/h3-20H,1-2H2/t3-,4-,5+,6+,7-,8+,9+,10+,11+,12-/m0/s1. The average molecular weight is 342 g/mol. The van der Waals surface area contributed by atoms with Gasteiger partial charge in [-0.2, -0.15) is 0 Å². The molecule has 0 unspecified atom stereocenters. The van der Waals surface area contributed by atoms with Gasteiger partial charge in [0.25, 0.3) is 0 Å². The maximum absolute atomic E-state index is 9.94. The van der Waals surface area contributed by atoms with E-state index in [2.05, 4.69) is 0 Å². The van der Waals surface area contributed by atoms with Gasteiger partial charge < -0.3 is 55.1 Å². The third kappa shape index (κ3) is 3.65. The van der Waals surface area contributed by atoms with E-state index >= 15 is 0 Å². The van der Waals surface area contributed by atoms with E-state index in [1.165, 1.54) is 0 Å². The summed E-state index contributed by atoms with van der Waals surface area (Å²) in [6.07, 6.45) is -15.6. The van der Waals surface area contributed by atoms with E-state index in [9.17, 15) is 35.7 Å². The number of ether oxygens (including phenoxy) is 3. The van der Waals surface area contributed by atoms with Crippen LogP contribution in [0.15, 0.2) is 0 Å². The highest BCUT2D eigenvalue weighted by molar-refractivity contribution is 4.93. The minimum Gasteiger partial charge on any atom is -0.394 e. The van der Waals surface area contributed by atoms with Crippen LogP contribution in [0.3, 0.4) is 0 Å². The summed E-state index contributed by atoms with van der Waals surface area (Å²) < 4.78 is 15.3. The fourth-order valence-corrected chi connectivity index (χ4v) is 2.57. The molecule has 2 fully saturated rings. The number of hydrogen-bond donors (Lipinski definition) is 8. The third-order valence-electron chi connectivity index (χ3n) is 3.98. The molecular weight excluding hydrogens is 320 g/mol. The number of hydrogen-bond acceptors (Lipinski definition) is 11. The highest BCUT2D eigenvalue weighted by Gasteiger charge is 2.50. The molecule has 0 amide bonds. The van der Waals surface area contributed by atoms with Gasteiger partial charge in [0.05, 0.1) is 13.2 Å². The predicted octanol–water partition coefficient (Wildman–Crippen LogP) is -5.40. The van der Waals surface area contributed by atoms with Gasteiger partial charge in [0, 0.05) is 0 Å². The van der Waals surface area contributed by atoms with Crippen molar-refractivity contribution in [3.8, 4) is 0 Å².